The second-order valence-electron chi connectivity index (χ2n) is 4.73. The van der Waals surface area contributed by atoms with E-state index in [0.29, 0.717) is 29.9 Å². The number of hydrogen-bond acceptors (Lipinski definition) is 4. The van der Waals surface area contributed by atoms with Crippen molar-refractivity contribution in [1.82, 2.24) is 0 Å². The summed E-state index contributed by atoms with van der Waals surface area (Å²) in [5.74, 6) is -0.184. The van der Waals surface area contributed by atoms with Gasteiger partial charge in [0.05, 0.1) is 16.6 Å². The number of carbonyl (C=O) groups is 1. The molecule has 2 rings (SSSR count). The van der Waals surface area contributed by atoms with E-state index in [-0.39, 0.29) is 11.3 Å². The maximum Gasteiger partial charge on any atom is 0.335 e. The number of carboxylic acid groups (broad SMARTS) is 1. The minimum absolute atomic E-state index is 0.0858. The Morgan fingerprint density at radius 3 is 2.77 bits per heavy atom. The number of rotatable bonds is 6. The van der Waals surface area contributed by atoms with Crippen molar-refractivity contribution in [2.75, 3.05) is 0 Å². The Bertz CT molecular complexity index is 730. The lowest BCUT2D eigenvalue weighted by atomic mass is 10.1. The molecule has 6 nitrogen and oxygen atoms in total. The van der Waals surface area contributed by atoms with E-state index < -0.39 is 10.9 Å². The Morgan fingerprint density at radius 2 is 2.14 bits per heavy atom. The van der Waals surface area contributed by atoms with E-state index in [1.54, 1.807) is 24.3 Å². The zero-order valence-corrected chi connectivity index (χ0v) is 12.0. The normalized spacial score (nSPS) is 11.4. The molecule has 0 aliphatic carbocycles. The zero-order valence-electron chi connectivity index (χ0n) is 12.0. The fraction of sp³-hybridized carbons (Fsp3) is 0.188. The van der Waals surface area contributed by atoms with Gasteiger partial charge in [0.15, 0.2) is 0 Å². The maximum atomic E-state index is 11.0. The molecule has 0 fully saturated rings. The van der Waals surface area contributed by atoms with Crippen molar-refractivity contribution in [3.8, 4) is 11.3 Å². The molecule has 0 saturated heterocycles. The third kappa shape index (κ3) is 3.60. The molecule has 0 aliphatic rings. The summed E-state index contributed by atoms with van der Waals surface area (Å²) in [6.07, 6.45) is 2.42. The molecule has 0 atom stereocenters. The smallest absolute Gasteiger partial charge is 0.335 e. The predicted octanol–water partition coefficient (Wildman–Crippen LogP) is 4.06. The van der Waals surface area contributed by atoms with Gasteiger partial charge >= 0.3 is 5.97 Å². The highest BCUT2D eigenvalue weighted by Crippen LogP contribution is 2.25. The topological polar surface area (TPSA) is 93.6 Å². The van der Waals surface area contributed by atoms with Gasteiger partial charge < -0.3 is 9.52 Å². The van der Waals surface area contributed by atoms with E-state index in [0.717, 1.165) is 0 Å². The maximum absolute atomic E-state index is 11.0. The Labute approximate surface area is 126 Å². The summed E-state index contributed by atoms with van der Waals surface area (Å²) < 4.78 is 5.56. The van der Waals surface area contributed by atoms with Crippen LogP contribution in [0.2, 0.25) is 0 Å². The summed E-state index contributed by atoms with van der Waals surface area (Å²) in [5, 5.41) is 19.9. The second kappa shape index (κ2) is 6.71. The second-order valence-corrected chi connectivity index (χ2v) is 4.73. The molecule has 0 radical (unpaired) electrons. The van der Waals surface area contributed by atoms with Crippen molar-refractivity contribution in [3.05, 3.63) is 63.5 Å². The van der Waals surface area contributed by atoms with E-state index in [4.69, 9.17) is 9.52 Å². The van der Waals surface area contributed by atoms with Crippen molar-refractivity contribution in [1.29, 1.82) is 0 Å². The molecule has 0 aliphatic heterocycles. The molecule has 2 aromatic rings. The van der Waals surface area contributed by atoms with Crippen molar-refractivity contribution >= 4 is 12.0 Å². The van der Waals surface area contributed by atoms with Crippen molar-refractivity contribution in [2.24, 2.45) is 0 Å². The fourth-order valence-corrected chi connectivity index (χ4v) is 2.03. The Balaban J connectivity index is 2.32. The Morgan fingerprint density at radius 1 is 1.36 bits per heavy atom. The number of nitrogens with zero attached hydrogens (tertiary/aromatic N) is 1. The van der Waals surface area contributed by atoms with Gasteiger partial charge in [-0.1, -0.05) is 19.1 Å². The summed E-state index contributed by atoms with van der Waals surface area (Å²) in [4.78, 5) is 21.5. The predicted molar refractivity (Wildman–Crippen MR) is 81.0 cm³/mol. The van der Waals surface area contributed by atoms with Crippen LogP contribution in [0.5, 0.6) is 0 Å². The first kappa shape index (κ1) is 15.5. The number of aromatic carboxylic acids is 1. The molecule has 1 heterocycles. The lowest BCUT2D eigenvalue weighted by Gasteiger charge is -1.99. The van der Waals surface area contributed by atoms with Crippen LogP contribution in [0.25, 0.3) is 17.4 Å². The van der Waals surface area contributed by atoms with E-state index in [1.807, 2.05) is 6.92 Å². The zero-order chi connectivity index (χ0) is 16.1. The molecule has 1 aromatic heterocycles. The van der Waals surface area contributed by atoms with Crippen LogP contribution >= 0.6 is 0 Å². The Kier molecular flexibility index (Phi) is 4.73. The monoisotopic (exact) mass is 301 g/mol. The van der Waals surface area contributed by atoms with Crippen LogP contribution < -0.4 is 0 Å². The summed E-state index contributed by atoms with van der Waals surface area (Å²) in [7, 11) is 0. The van der Waals surface area contributed by atoms with Crippen molar-refractivity contribution in [3.63, 3.8) is 0 Å². The quantitative estimate of drug-likeness (QED) is 0.641. The molecule has 1 aromatic carbocycles. The SMILES string of the molecule is CCC/C(=C\c1ccc(-c2cccc(C(=O)O)c2)o1)[N+](=O)[O-]. The number of nitro groups is 1. The van der Waals surface area contributed by atoms with Crippen LogP contribution in [-0.2, 0) is 0 Å². The number of allylic oxidation sites excluding steroid dienone is 1. The van der Waals surface area contributed by atoms with Gasteiger partial charge in [0.2, 0.25) is 5.70 Å². The number of benzene rings is 1. The standard InChI is InChI=1S/C16H15NO5/c1-2-4-13(17(20)21)10-14-7-8-15(22-14)11-5-3-6-12(9-11)16(18)19/h3,5-10H,2,4H2,1H3,(H,18,19)/b13-10+. The van der Waals surface area contributed by atoms with Crippen molar-refractivity contribution in [2.45, 2.75) is 19.8 Å². The summed E-state index contributed by atoms with van der Waals surface area (Å²) in [5.41, 5.74) is 0.850. The lowest BCUT2D eigenvalue weighted by Crippen LogP contribution is -1.97. The van der Waals surface area contributed by atoms with Crippen LogP contribution in [0.15, 0.2) is 46.5 Å². The summed E-state index contributed by atoms with van der Waals surface area (Å²) in [6, 6.07) is 9.62. The highest BCUT2D eigenvalue weighted by atomic mass is 16.6. The van der Waals surface area contributed by atoms with E-state index in [1.165, 1.54) is 18.2 Å². The molecular formula is C16H15NO5. The first-order valence-corrected chi connectivity index (χ1v) is 6.79. The summed E-state index contributed by atoms with van der Waals surface area (Å²) >= 11 is 0. The first-order chi connectivity index (χ1) is 10.5. The van der Waals surface area contributed by atoms with Crippen LogP contribution in [0, 0.1) is 10.1 Å². The highest BCUT2D eigenvalue weighted by molar-refractivity contribution is 5.89. The fourth-order valence-electron chi connectivity index (χ4n) is 2.03. The third-order valence-electron chi connectivity index (χ3n) is 3.07. The number of carboxylic acids is 1. The molecular weight excluding hydrogens is 286 g/mol. The molecule has 22 heavy (non-hydrogen) atoms. The minimum atomic E-state index is -1.02. The van der Waals surface area contributed by atoms with Crippen LogP contribution in [0.1, 0.15) is 35.9 Å². The molecule has 0 bridgehead atoms. The van der Waals surface area contributed by atoms with Gasteiger partial charge in [-0.25, -0.2) is 4.79 Å². The van der Waals surface area contributed by atoms with Gasteiger partial charge in [-0.05, 0) is 30.7 Å². The van der Waals surface area contributed by atoms with Gasteiger partial charge in [0.25, 0.3) is 0 Å². The highest BCUT2D eigenvalue weighted by Gasteiger charge is 2.12. The average molecular weight is 301 g/mol. The summed E-state index contributed by atoms with van der Waals surface area (Å²) in [6.45, 7) is 1.86. The van der Waals surface area contributed by atoms with Crippen molar-refractivity contribution < 1.29 is 19.2 Å². The Hall–Kier alpha value is -2.89. The van der Waals surface area contributed by atoms with Crippen LogP contribution in [0.4, 0.5) is 0 Å². The molecule has 0 saturated carbocycles. The molecule has 0 unspecified atom stereocenters. The minimum Gasteiger partial charge on any atom is -0.478 e. The van der Waals surface area contributed by atoms with Crippen LogP contribution in [0.3, 0.4) is 0 Å². The van der Waals surface area contributed by atoms with Gasteiger partial charge in [0, 0.05) is 12.0 Å². The van der Waals surface area contributed by atoms with Gasteiger partial charge in [-0.3, -0.25) is 10.1 Å². The molecule has 6 heteroatoms. The van der Waals surface area contributed by atoms with Gasteiger partial charge in [-0.2, -0.15) is 0 Å². The molecule has 114 valence electrons. The lowest BCUT2D eigenvalue weighted by molar-refractivity contribution is -0.426. The van der Waals surface area contributed by atoms with Gasteiger partial charge in [-0.15, -0.1) is 0 Å². The van der Waals surface area contributed by atoms with E-state index in [9.17, 15) is 14.9 Å². The average Bonchev–Trinajstić information content (AvgIpc) is 2.95. The van der Waals surface area contributed by atoms with Crippen LogP contribution in [-0.4, -0.2) is 16.0 Å². The number of hydrogen-bond donors (Lipinski definition) is 1. The molecule has 0 amide bonds. The first-order valence-electron chi connectivity index (χ1n) is 6.79. The molecule has 1 N–H and O–H groups in total. The largest absolute Gasteiger partial charge is 0.478 e. The van der Waals surface area contributed by atoms with E-state index >= 15 is 0 Å². The van der Waals surface area contributed by atoms with E-state index in [2.05, 4.69) is 0 Å². The molecule has 0 spiro atoms. The number of furan rings is 1. The van der Waals surface area contributed by atoms with Gasteiger partial charge in [0.1, 0.15) is 11.5 Å². The third-order valence-corrected chi connectivity index (χ3v) is 3.07.